The molecule has 2 aromatic heterocycles. The standard InChI is InChI=1S/C25H20N6O2/c1-31-24(23-19(11-26)16-6-4-3-5-14(16)10-22(23)33-2)20(13-28-31)15-7-8-17-18(9-15)21(12-27)29-30-25(17)32/h3-10,13H,12,27H2,1-2H3,(H,30,32). The van der Waals surface area contributed by atoms with Gasteiger partial charge in [0.15, 0.2) is 0 Å². The number of nitriles is 1. The Balaban J connectivity index is 1.84. The highest BCUT2D eigenvalue weighted by molar-refractivity contribution is 6.00. The minimum atomic E-state index is -0.275. The van der Waals surface area contributed by atoms with Crippen molar-refractivity contribution in [1.29, 1.82) is 5.26 Å². The molecule has 0 saturated carbocycles. The van der Waals surface area contributed by atoms with Crippen LogP contribution in [0, 0.1) is 11.3 Å². The third-order valence-electron chi connectivity index (χ3n) is 5.89. The lowest BCUT2D eigenvalue weighted by Crippen LogP contribution is -2.13. The Morgan fingerprint density at radius 1 is 1.15 bits per heavy atom. The number of aryl methyl sites for hydroxylation is 1. The summed E-state index contributed by atoms with van der Waals surface area (Å²) in [5, 5.41) is 24.1. The van der Waals surface area contributed by atoms with E-state index in [1.165, 1.54) is 0 Å². The number of ether oxygens (including phenoxy) is 1. The van der Waals surface area contributed by atoms with Crippen LogP contribution in [0.5, 0.6) is 5.75 Å². The smallest absolute Gasteiger partial charge is 0.272 e. The van der Waals surface area contributed by atoms with E-state index >= 15 is 0 Å². The normalized spacial score (nSPS) is 11.1. The van der Waals surface area contributed by atoms with Crippen LogP contribution in [0.25, 0.3) is 43.9 Å². The van der Waals surface area contributed by atoms with Crippen molar-refractivity contribution in [2.75, 3.05) is 7.11 Å². The van der Waals surface area contributed by atoms with Crippen LogP contribution in [0.15, 0.2) is 59.5 Å². The predicted molar refractivity (Wildman–Crippen MR) is 127 cm³/mol. The Kier molecular flexibility index (Phi) is 4.89. The molecule has 0 unspecified atom stereocenters. The Hall–Kier alpha value is -4.48. The number of benzene rings is 3. The van der Waals surface area contributed by atoms with Gasteiger partial charge in [-0.15, -0.1) is 0 Å². The van der Waals surface area contributed by atoms with E-state index in [1.807, 2.05) is 49.5 Å². The van der Waals surface area contributed by atoms with Gasteiger partial charge in [-0.1, -0.05) is 30.3 Å². The van der Waals surface area contributed by atoms with E-state index in [2.05, 4.69) is 21.4 Å². The fourth-order valence-electron chi connectivity index (χ4n) is 4.32. The largest absolute Gasteiger partial charge is 0.496 e. The van der Waals surface area contributed by atoms with E-state index < -0.39 is 0 Å². The van der Waals surface area contributed by atoms with E-state index in [1.54, 1.807) is 24.1 Å². The van der Waals surface area contributed by atoms with Crippen molar-refractivity contribution >= 4 is 21.5 Å². The quantitative estimate of drug-likeness (QED) is 0.445. The number of aromatic nitrogens is 4. The lowest BCUT2D eigenvalue weighted by atomic mass is 9.92. The summed E-state index contributed by atoms with van der Waals surface area (Å²) in [6.45, 7) is 0.188. The zero-order valence-corrected chi connectivity index (χ0v) is 18.1. The number of fused-ring (bicyclic) bond motifs is 2. The van der Waals surface area contributed by atoms with Crippen LogP contribution in [0.4, 0.5) is 0 Å². The van der Waals surface area contributed by atoms with E-state index in [0.29, 0.717) is 33.3 Å². The Bertz CT molecular complexity index is 1640. The molecule has 0 amide bonds. The maximum absolute atomic E-state index is 12.3. The summed E-state index contributed by atoms with van der Waals surface area (Å²) in [5.41, 5.74) is 9.71. The van der Waals surface area contributed by atoms with Crippen molar-refractivity contribution in [3.8, 4) is 34.2 Å². The van der Waals surface area contributed by atoms with E-state index in [4.69, 9.17) is 10.5 Å². The van der Waals surface area contributed by atoms with Gasteiger partial charge in [0.1, 0.15) is 11.8 Å². The number of nitrogens with zero attached hydrogens (tertiary/aromatic N) is 4. The van der Waals surface area contributed by atoms with Crippen LogP contribution in [0.2, 0.25) is 0 Å². The van der Waals surface area contributed by atoms with Crippen LogP contribution in [0.3, 0.4) is 0 Å². The second-order valence-corrected chi connectivity index (χ2v) is 7.66. The van der Waals surface area contributed by atoms with E-state index in [9.17, 15) is 10.1 Å². The van der Waals surface area contributed by atoms with Gasteiger partial charge < -0.3 is 10.5 Å². The number of rotatable bonds is 4. The molecule has 0 bridgehead atoms. The van der Waals surface area contributed by atoms with Crippen molar-refractivity contribution in [2.24, 2.45) is 12.8 Å². The van der Waals surface area contributed by atoms with Gasteiger partial charge in [0.2, 0.25) is 0 Å². The number of H-pyrrole nitrogens is 1. The average molecular weight is 436 g/mol. The number of nitrogens with one attached hydrogen (secondary N) is 1. The fraction of sp³-hybridized carbons (Fsp3) is 0.120. The molecule has 0 aliphatic carbocycles. The Morgan fingerprint density at radius 2 is 1.97 bits per heavy atom. The van der Waals surface area contributed by atoms with Crippen LogP contribution in [-0.4, -0.2) is 27.1 Å². The first kappa shape index (κ1) is 20.4. The molecule has 0 aliphatic rings. The number of hydrogen-bond donors (Lipinski definition) is 2. The second-order valence-electron chi connectivity index (χ2n) is 7.66. The minimum Gasteiger partial charge on any atom is -0.496 e. The summed E-state index contributed by atoms with van der Waals surface area (Å²) in [5.74, 6) is 0.580. The molecule has 0 spiro atoms. The van der Waals surface area contributed by atoms with Gasteiger partial charge in [-0.2, -0.15) is 15.5 Å². The van der Waals surface area contributed by atoms with Gasteiger partial charge >= 0.3 is 0 Å². The zero-order chi connectivity index (χ0) is 23.1. The molecule has 3 N–H and O–H groups in total. The van der Waals surface area contributed by atoms with Crippen LogP contribution in [-0.2, 0) is 13.6 Å². The van der Waals surface area contributed by atoms with Gasteiger partial charge in [0.05, 0.1) is 41.2 Å². The maximum atomic E-state index is 12.3. The monoisotopic (exact) mass is 436 g/mol. The Morgan fingerprint density at radius 3 is 2.73 bits per heavy atom. The van der Waals surface area contributed by atoms with Gasteiger partial charge in [-0.05, 0) is 29.1 Å². The fourth-order valence-corrected chi connectivity index (χ4v) is 4.32. The Labute approximate surface area is 188 Å². The molecule has 0 radical (unpaired) electrons. The highest BCUT2D eigenvalue weighted by Gasteiger charge is 2.23. The predicted octanol–water partition coefficient (Wildman–Crippen LogP) is 3.48. The molecule has 5 aromatic rings. The van der Waals surface area contributed by atoms with Gasteiger partial charge in [0.25, 0.3) is 5.56 Å². The first-order valence-electron chi connectivity index (χ1n) is 10.3. The molecule has 2 heterocycles. The summed E-state index contributed by atoms with van der Waals surface area (Å²) in [6.07, 6.45) is 1.75. The molecule has 8 heteroatoms. The minimum absolute atomic E-state index is 0.188. The highest BCUT2D eigenvalue weighted by Crippen LogP contribution is 2.42. The molecule has 3 aromatic carbocycles. The summed E-state index contributed by atoms with van der Waals surface area (Å²) >= 11 is 0. The molecular weight excluding hydrogens is 416 g/mol. The molecule has 0 fully saturated rings. The molecule has 8 nitrogen and oxygen atoms in total. The summed E-state index contributed by atoms with van der Waals surface area (Å²) in [4.78, 5) is 12.3. The molecule has 33 heavy (non-hydrogen) atoms. The van der Waals surface area contributed by atoms with Crippen LogP contribution in [0.1, 0.15) is 11.3 Å². The number of aromatic amines is 1. The van der Waals surface area contributed by atoms with Gasteiger partial charge in [-0.3, -0.25) is 9.48 Å². The van der Waals surface area contributed by atoms with Crippen molar-refractivity contribution in [1.82, 2.24) is 20.0 Å². The van der Waals surface area contributed by atoms with Crippen molar-refractivity contribution in [2.45, 2.75) is 6.54 Å². The molecular formula is C25H20N6O2. The third kappa shape index (κ3) is 3.14. The zero-order valence-electron chi connectivity index (χ0n) is 18.1. The van der Waals surface area contributed by atoms with Crippen molar-refractivity contribution < 1.29 is 4.74 Å². The molecule has 0 aliphatic heterocycles. The van der Waals surface area contributed by atoms with E-state index in [0.717, 1.165) is 27.6 Å². The average Bonchev–Trinajstić information content (AvgIpc) is 3.23. The molecule has 162 valence electrons. The van der Waals surface area contributed by atoms with Gasteiger partial charge in [0, 0.05) is 29.9 Å². The number of nitrogens with two attached hydrogens (primary N) is 1. The lowest BCUT2D eigenvalue weighted by Gasteiger charge is -2.16. The van der Waals surface area contributed by atoms with Crippen molar-refractivity contribution in [3.05, 3.63) is 76.3 Å². The SMILES string of the molecule is COc1cc2ccccc2c(C#N)c1-c1c(-c2ccc3c(=O)[nH]nc(CN)c3c2)cnn1C. The molecule has 5 rings (SSSR count). The second kappa shape index (κ2) is 7.89. The van der Waals surface area contributed by atoms with Crippen molar-refractivity contribution in [3.63, 3.8) is 0 Å². The molecule has 0 atom stereocenters. The highest BCUT2D eigenvalue weighted by atomic mass is 16.5. The summed E-state index contributed by atoms with van der Waals surface area (Å²) in [6, 6.07) is 17.5. The first-order chi connectivity index (χ1) is 16.1. The van der Waals surface area contributed by atoms with Gasteiger partial charge in [-0.25, -0.2) is 5.10 Å². The van der Waals surface area contributed by atoms with Crippen LogP contribution < -0.4 is 16.0 Å². The molecule has 0 saturated heterocycles. The first-order valence-corrected chi connectivity index (χ1v) is 10.3. The maximum Gasteiger partial charge on any atom is 0.272 e. The third-order valence-corrected chi connectivity index (χ3v) is 5.89. The van der Waals surface area contributed by atoms with Crippen LogP contribution >= 0.6 is 0 Å². The number of methoxy groups -OCH3 is 1. The summed E-state index contributed by atoms with van der Waals surface area (Å²) < 4.78 is 7.45. The summed E-state index contributed by atoms with van der Waals surface area (Å²) in [7, 11) is 3.42. The number of hydrogen-bond acceptors (Lipinski definition) is 6. The lowest BCUT2D eigenvalue weighted by molar-refractivity contribution is 0.416. The van der Waals surface area contributed by atoms with E-state index in [-0.39, 0.29) is 12.1 Å². The topological polar surface area (TPSA) is 123 Å².